The Bertz CT molecular complexity index is 479. The first-order valence-corrected chi connectivity index (χ1v) is 4.46. The number of halogens is 1. The lowest BCUT2D eigenvalue weighted by Gasteiger charge is -2.07. The number of hydrogen-bond acceptors (Lipinski definition) is 4. The minimum absolute atomic E-state index is 0.242. The van der Waals surface area contributed by atoms with Gasteiger partial charge in [0.25, 0.3) is 0 Å². The van der Waals surface area contributed by atoms with E-state index < -0.39 is 0 Å². The van der Waals surface area contributed by atoms with Gasteiger partial charge in [0.15, 0.2) is 5.82 Å². The third-order valence-electron chi connectivity index (χ3n) is 2.12. The molecule has 0 atom stereocenters. The van der Waals surface area contributed by atoms with Crippen molar-refractivity contribution in [2.75, 3.05) is 0 Å². The van der Waals surface area contributed by atoms with E-state index in [1.807, 2.05) is 0 Å². The van der Waals surface area contributed by atoms with Crippen LogP contribution in [0.5, 0.6) is 0 Å². The summed E-state index contributed by atoms with van der Waals surface area (Å²) in [5, 5.41) is 11.1. The maximum Gasteiger partial charge on any atom is 0.153 e. The Morgan fingerprint density at radius 1 is 1.47 bits per heavy atom. The first kappa shape index (κ1) is 9.72. The SMILES string of the molecule is Cc1nnnn1-c1ccc(F)cc1CN. The smallest absolute Gasteiger partial charge is 0.153 e. The maximum absolute atomic E-state index is 13.0. The van der Waals surface area contributed by atoms with Gasteiger partial charge in [-0.05, 0) is 41.1 Å². The van der Waals surface area contributed by atoms with Crippen LogP contribution in [-0.4, -0.2) is 20.2 Å². The molecule has 2 rings (SSSR count). The lowest BCUT2D eigenvalue weighted by atomic mass is 10.1. The number of aromatic nitrogens is 4. The molecular weight excluding hydrogens is 197 g/mol. The number of hydrogen-bond donors (Lipinski definition) is 1. The summed E-state index contributed by atoms with van der Waals surface area (Å²) in [5.41, 5.74) is 6.91. The minimum atomic E-state index is -0.315. The van der Waals surface area contributed by atoms with Crippen molar-refractivity contribution in [1.29, 1.82) is 0 Å². The summed E-state index contributed by atoms with van der Waals surface area (Å²) in [6.07, 6.45) is 0. The molecule has 0 saturated carbocycles. The quantitative estimate of drug-likeness (QED) is 0.781. The van der Waals surface area contributed by atoms with E-state index in [4.69, 9.17) is 5.73 Å². The third-order valence-corrected chi connectivity index (χ3v) is 2.12. The van der Waals surface area contributed by atoms with Gasteiger partial charge in [0, 0.05) is 6.54 Å². The Labute approximate surface area is 85.7 Å². The Kier molecular flexibility index (Phi) is 2.42. The second kappa shape index (κ2) is 3.74. The standard InChI is InChI=1S/C9H10FN5/c1-6-12-13-14-15(6)9-3-2-8(10)4-7(9)5-11/h2-4H,5,11H2,1H3. The van der Waals surface area contributed by atoms with Crippen molar-refractivity contribution < 1.29 is 4.39 Å². The second-order valence-corrected chi connectivity index (χ2v) is 3.12. The van der Waals surface area contributed by atoms with Gasteiger partial charge in [-0.3, -0.25) is 0 Å². The van der Waals surface area contributed by atoms with Gasteiger partial charge < -0.3 is 5.73 Å². The molecule has 0 amide bonds. The van der Waals surface area contributed by atoms with Gasteiger partial charge in [0.2, 0.25) is 0 Å². The molecule has 5 nitrogen and oxygen atoms in total. The molecule has 0 unspecified atom stereocenters. The topological polar surface area (TPSA) is 69.6 Å². The van der Waals surface area contributed by atoms with Crippen molar-refractivity contribution in [2.24, 2.45) is 5.73 Å². The maximum atomic E-state index is 13.0. The molecule has 0 bridgehead atoms. The largest absolute Gasteiger partial charge is 0.326 e. The van der Waals surface area contributed by atoms with Crippen LogP contribution in [0.15, 0.2) is 18.2 Å². The number of tetrazole rings is 1. The van der Waals surface area contributed by atoms with E-state index in [-0.39, 0.29) is 12.4 Å². The highest BCUT2D eigenvalue weighted by Gasteiger charge is 2.08. The number of nitrogens with zero attached hydrogens (tertiary/aromatic N) is 4. The summed E-state index contributed by atoms with van der Waals surface area (Å²) in [7, 11) is 0. The number of rotatable bonds is 2. The van der Waals surface area contributed by atoms with Crippen LogP contribution >= 0.6 is 0 Å². The third kappa shape index (κ3) is 1.71. The first-order valence-electron chi connectivity index (χ1n) is 4.46. The summed E-state index contributed by atoms with van der Waals surface area (Å²) in [6.45, 7) is 2.01. The molecule has 1 aromatic carbocycles. The van der Waals surface area contributed by atoms with Crippen molar-refractivity contribution >= 4 is 0 Å². The molecule has 15 heavy (non-hydrogen) atoms. The zero-order valence-corrected chi connectivity index (χ0v) is 8.18. The van der Waals surface area contributed by atoms with Crippen LogP contribution < -0.4 is 5.73 Å². The molecule has 0 radical (unpaired) electrons. The van der Waals surface area contributed by atoms with Crippen LogP contribution in [-0.2, 0) is 6.54 Å². The average molecular weight is 207 g/mol. The Morgan fingerprint density at radius 3 is 2.87 bits per heavy atom. The molecule has 0 aliphatic rings. The van der Waals surface area contributed by atoms with Crippen molar-refractivity contribution in [1.82, 2.24) is 20.2 Å². The average Bonchev–Trinajstić information content (AvgIpc) is 2.64. The fourth-order valence-electron chi connectivity index (χ4n) is 1.38. The molecule has 0 saturated heterocycles. The Morgan fingerprint density at radius 2 is 2.27 bits per heavy atom. The van der Waals surface area contributed by atoms with Gasteiger partial charge in [-0.25, -0.2) is 4.39 Å². The molecule has 0 aliphatic heterocycles. The summed E-state index contributed by atoms with van der Waals surface area (Å²) in [5.74, 6) is 0.321. The van der Waals surface area contributed by atoms with Gasteiger partial charge in [0.05, 0.1) is 5.69 Å². The molecule has 2 aromatic rings. The second-order valence-electron chi connectivity index (χ2n) is 3.12. The van der Waals surface area contributed by atoms with Crippen LogP contribution in [0.1, 0.15) is 11.4 Å². The Balaban J connectivity index is 2.58. The van der Waals surface area contributed by atoms with Crippen LogP contribution in [0.4, 0.5) is 4.39 Å². The highest BCUT2D eigenvalue weighted by molar-refractivity contribution is 5.40. The Hall–Kier alpha value is -1.82. The molecule has 0 fully saturated rings. The zero-order valence-electron chi connectivity index (χ0n) is 8.18. The van der Waals surface area contributed by atoms with Crippen LogP contribution in [0.3, 0.4) is 0 Å². The van der Waals surface area contributed by atoms with Gasteiger partial charge >= 0.3 is 0 Å². The molecule has 0 aliphatic carbocycles. The van der Waals surface area contributed by atoms with E-state index in [9.17, 15) is 4.39 Å². The van der Waals surface area contributed by atoms with Crippen molar-refractivity contribution in [3.63, 3.8) is 0 Å². The van der Waals surface area contributed by atoms with E-state index in [0.29, 0.717) is 17.1 Å². The highest BCUT2D eigenvalue weighted by atomic mass is 19.1. The van der Waals surface area contributed by atoms with E-state index in [1.165, 1.54) is 16.8 Å². The van der Waals surface area contributed by atoms with Crippen molar-refractivity contribution in [3.8, 4) is 5.69 Å². The number of nitrogens with two attached hydrogens (primary N) is 1. The van der Waals surface area contributed by atoms with E-state index in [0.717, 1.165) is 0 Å². The zero-order chi connectivity index (χ0) is 10.8. The van der Waals surface area contributed by atoms with Crippen molar-refractivity contribution in [2.45, 2.75) is 13.5 Å². The van der Waals surface area contributed by atoms with Crippen LogP contribution in [0, 0.1) is 12.7 Å². The molecule has 6 heteroatoms. The summed E-state index contributed by atoms with van der Waals surface area (Å²) >= 11 is 0. The predicted molar refractivity (Wildman–Crippen MR) is 51.7 cm³/mol. The summed E-state index contributed by atoms with van der Waals surface area (Å²) < 4.78 is 14.5. The first-order chi connectivity index (χ1) is 7.22. The molecule has 0 spiro atoms. The lowest BCUT2D eigenvalue weighted by molar-refractivity contribution is 0.623. The molecule has 1 heterocycles. The molecule has 78 valence electrons. The molecule has 2 N–H and O–H groups in total. The van der Waals surface area contributed by atoms with E-state index in [1.54, 1.807) is 13.0 Å². The minimum Gasteiger partial charge on any atom is -0.326 e. The van der Waals surface area contributed by atoms with Gasteiger partial charge in [-0.15, -0.1) is 5.10 Å². The number of aryl methyl sites for hydroxylation is 1. The summed E-state index contributed by atoms with van der Waals surface area (Å²) in [4.78, 5) is 0. The lowest BCUT2D eigenvalue weighted by Crippen LogP contribution is -2.07. The van der Waals surface area contributed by atoms with E-state index >= 15 is 0 Å². The monoisotopic (exact) mass is 207 g/mol. The van der Waals surface area contributed by atoms with Crippen LogP contribution in [0.2, 0.25) is 0 Å². The fourth-order valence-corrected chi connectivity index (χ4v) is 1.38. The van der Waals surface area contributed by atoms with Gasteiger partial charge in [0.1, 0.15) is 5.82 Å². The number of benzene rings is 1. The molecular formula is C9H10FN5. The van der Waals surface area contributed by atoms with Gasteiger partial charge in [-0.1, -0.05) is 0 Å². The fraction of sp³-hybridized carbons (Fsp3) is 0.222. The highest BCUT2D eigenvalue weighted by Crippen LogP contribution is 2.15. The normalized spacial score (nSPS) is 10.6. The van der Waals surface area contributed by atoms with E-state index in [2.05, 4.69) is 15.5 Å². The van der Waals surface area contributed by atoms with Gasteiger partial charge in [-0.2, -0.15) is 4.68 Å². The predicted octanol–water partition coefficient (Wildman–Crippen LogP) is 0.569. The van der Waals surface area contributed by atoms with Crippen molar-refractivity contribution in [3.05, 3.63) is 35.4 Å². The molecule has 1 aromatic heterocycles. The summed E-state index contributed by atoms with van der Waals surface area (Å²) in [6, 6.07) is 4.35. The van der Waals surface area contributed by atoms with Crippen LogP contribution in [0.25, 0.3) is 5.69 Å².